The quantitative estimate of drug-likeness (QED) is 0.869. The van der Waals surface area contributed by atoms with Gasteiger partial charge in [-0.1, -0.05) is 41.9 Å². The van der Waals surface area contributed by atoms with E-state index < -0.39 is 6.10 Å². The summed E-state index contributed by atoms with van der Waals surface area (Å²) in [6, 6.07) is 14.5. The number of methoxy groups -OCH3 is 1. The van der Waals surface area contributed by atoms with Gasteiger partial charge in [-0.25, -0.2) is 0 Å². The van der Waals surface area contributed by atoms with Crippen LogP contribution in [0, 0.1) is 0 Å². The molecule has 0 heterocycles. The molecule has 1 amide bonds. The van der Waals surface area contributed by atoms with Gasteiger partial charge in [0.25, 0.3) is 5.91 Å². The molecule has 0 aliphatic carbocycles. The predicted octanol–water partition coefficient (Wildman–Crippen LogP) is 3.99. The Hall–Kier alpha value is -2.20. The maximum Gasteiger partial charge on any atom is 0.261 e. The summed E-state index contributed by atoms with van der Waals surface area (Å²) in [6.07, 6.45) is -0.660. The fraction of sp³-hybridized carbons (Fsp3) is 0.278. The first-order valence-electron chi connectivity index (χ1n) is 7.37. The monoisotopic (exact) mass is 333 g/mol. The third kappa shape index (κ3) is 4.39. The Kier molecular flexibility index (Phi) is 5.88. The molecule has 0 bridgehead atoms. The van der Waals surface area contributed by atoms with Crippen molar-refractivity contribution in [2.24, 2.45) is 0 Å². The van der Waals surface area contributed by atoms with Crippen LogP contribution in [0.4, 0.5) is 0 Å². The Morgan fingerprint density at radius 2 is 1.65 bits per heavy atom. The van der Waals surface area contributed by atoms with Crippen molar-refractivity contribution in [1.29, 1.82) is 0 Å². The first kappa shape index (κ1) is 17.2. The zero-order chi connectivity index (χ0) is 16.8. The van der Waals surface area contributed by atoms with Crippen LogP contribution in [0.2, 0.25) is 5.02 Å². The summed E-state index contributed by atoms with van der Waals surface area (Å²) >= 11 is 6.04. The van der Waals surface area contributed by atoms with Gasteiger partial charge in [0.15, 0.2) is 6.10 Å². The van der Waals surface area contributed by atoms with Crippen LogP contribution in [0.15, 0.2) is 48.5 Å². The van der Waals surface area contributed by atoms with Crippen molar-refractivity contribution < 1.29 is 14.3 Å². The molecule has 2 unspecified atom stereocenters. The van der Waals surface area contributed by atoms with E-state index in [9.17, 15) is 4.79 Å². The van der Waals surface area contributed by atoms with Crippen molar-refractivity contribution in [3.8, 4) is 11.5 Å². The van der Waals surface area contributed by atoms with Gasteiger partial charge in [0.05, 0.1) is 18.2 Å². The number of amides is 1. The molecular formula is C18H20ClNO3. The predicted molar refractivity (Wildman–Crippen MR) is 91.1 cm³/mol. The highest BCUT2D eigenvalue weighted by Gasteiger charge is 2.20. The zero-order valence-electron chi connectivity index (χ0n) is 13.4. The molecule has 2 atom stereocenters. The molecule has 0 saturated heterocycles. The molecule has 0 spiro atoms. The molecule has 2 rings (SSSR count). The van der Waals surface area contributed by atoms with Crippen molar-refractivity contribution in [2.75, 3.05) is 7.11 Å². The summed E-state index contributed by atoms with van der Waals surface area (Å²) in [5, 5.41) is 3.40. The largest absolute Gasteiger partial charge is 0.496 e. The number of nitrogens with one attached hydrogen (secondary N) is 1. The highest BCUT2D eigenvalue weighted by atomic mass is 35.5. The Labute approximate surface area is 141 Å². The lowest BCUT2D eigenvalue weighted by atomic mass is 10.1. The summed E-state index contributed by atoms with van der Waals surface area (Å²) in [6.45, 7) is 3.59. The van der Waals surface area contributed by atoms with Gasteiger partial charge in [0, 0.05) is 5.56 Å². The molecule has 0 aliphatic rings. The second-order valence-electron chi connectivity index (χ2n) is 5.16. The molecule has 5 heteroatoms. The highest BCUT2D eigenvalue weighted by Crippen LogP contribution is 2.26. The first-order valence-corrected chi connectivity index (χ1v) is 7.75. The number of rotatable bonds is 6. The minimum Gasteiger partial charge on any atom is -0.496 e. The molecule has 0 fully saturated rings. The fourth-order valence-electron chi connectivity index (χ4n) is 2.22. The van der Waals surface area contributed by atoms with E-state index in [1.807, 2.05) is 43.3 Å². The van der Waals surface area contributed by atoms with Crippen LogP contribution in [0.1, 0.15) is 25.5 Å². The number of carbonyl (C=O) groups excluding carboxylic acids is 1. The smallest absolute Gasteiger partial charge is 0.261 e. The van der Waals surface area contributed by atoms with E-state index in [0.29, 0.717) is 10.8 Å². The topological polar surface area (TPSA) is 47.6 Å². The lowest BCUT2D eigenvalue weighted by Crippen LogP contribution is -2.37. The second-order valence-corrected chi connectivity index (χ2v) is 5.57. The summed E-state index contributed by atoms with van der Waals surface area (Å²) in [4.78, 5) is 12.3. The Morgan fingerprint density at radius 3 is 2.30 bits per heavy atom. The van der Waals surface area contributed by atoms with Gasteiger partial charge < -0.3 is 14.8 Å². The third-order valence-corrected chi connectivity index (χ3v) is 3.79. The molecular weight excluding hydrogens is 314 g/mol. The maximum absolute atomic E-state index is 12.3. The van der Waals surface area contributed by atoms with Crippen molar-refractivity contribution in [3.63, 3.8) is 0 Å². The zero-order valence-corrected chi connectivity index (χ0v) is 14.1. The van der Waals surface area contributed by atoms with Crippen LogP contribution in [0.3, 0.4) is 0 Å². The number of ether oxygens (including phenoxy) is 2. The molecule has 0 radical (unpaired) electrons. The van der Waals surface area contributed by atoms with E-state index in [1.54, 1.807) is 26.2 Å². The normalized spacial score (nSPS) is 13.0. The Balaban J connectivity index is 2.02. The van der Waals surface area contributed by atoms with Gasteiger partial charge in [0.2, 0.25) is 0 Å². The average Bonchev–Trinajstić information content (AvgIpc) is 2.56. The van der Waals surface area contributed by atoms with E-state index in [2.05, 4.69) is 5.32 Å². The molecule has 23 heavy (non-hydrogen) atoms. The second kappa shape index (κ2) is 7.88. The summed E-state index contributed by atoms with van der Waals surface area (Å²) in [5.74, 6) is 1.00. The van der Waals surface area contributed by atoms with E-state index in [4.69, 9.17) is 21.1 Å². The number of benzene rings is 2. The van der Waals surface area contributed by atoms with Gasteiger partial charge in [0.1, 0.15) is 11.5 Å². The highest BCUT2D eigenvalue weighted by molar-refractivity contribution is 6.32. The number of para-hydroxylation sites is 2. The number of halogens is 1. The lowest BCUT2D eigenvalue weighted by molar-refractivity contribution is -0.127. The van der Waals surface area contributed by atoms with E-state index in [-0.39, 0.29) is 11.9 Å². The van der Waals surface area contributed by atoms with Gasteiger partial charge in [-0.2, -0.15) is 0 Å². The summed E-state index contributed by atoms with van der Waals surface area (Å²) in [7, 11) is 1.61. The first-order chi connectivity index (χ1) is 11.0. The van der Waals surface area contributed by atoms with E-state index >= 15 is 0 Å². The van der Waals surface area contributed by atoms with E-state index in [1.165, 1.54) is 0 Å². The summed E-state index contributed by atoms with van der Waals surface area (Å²) in [5.41, 5.74) is 0.910. The fourth-order valence-corrected chi connectivity index (χ4v) is 2.40. The van der Waals surface area contributed by atoms with Gasteiger partial charge in [-0.15, -0.1) is 0 Å². The Morgan fingerprint density at radius 1 is 1.04 bits per heavy atom. The van der Waals surface area contributed by atoms with Crippen LogP contribution >= 0.6 is 11.6 Å². The Bertz CT molecular complexity index is 675. The maximum atomic E-state index is 12.3. The molecule has 2 aromatic rings. The van der Waals surface area contributed by atoms with Crippen LogP contribution in [0.25, 0.3) is 0 Å². The minimum atomic E-state index is -0.660. The molecule has 0 aliphatic heterocycles. The van der Waals surface area contributed by atoms with Gasteiger partial charge in [-0.3, -0.25) is 4.79 Å². The SMILES string of the molecule is COc1ccccc1C(C)NC(=O)C(C)Oc1ccccc1Cl. The van der Waals surface area contributed by atoms with Gasteiger partial charge >= 0.3 is 0 Å². The van der Waals surface area contributed by atoms with Crippen molar-refractivity contribution in [3.05, 3.63) is 59.1 Å². The standard InChI is InChI=1S/C18H20ClNO3/c1-12(14-8-4-6-10-16(14)22-3)20-18(21)13(2)23-17-11-7-5-9-15(17)19/h4-13H,1-3H3,(H,20,21). The lowest BCUT2D eigenvalue weighted by Gasteiger charge is -2.20. The number of hydrogen-bond donors (Lipinski definition) is 1. The molecule has 1 N–H and O–H groups in total. The van der Waals surface area contributed by atoms with Crippen molar-refractivity contribution >= 4 is 17.5 Å². The third-order valence-electron chi connectivity index (χ3n) is 3.47. The molecule has 2 aromatic carbocycles. The number of hydrogen-bond acceptors (Lipinski definition) is 3. The molecule has 0 saturated carbocycles. The van der Waals surface area contributed by atoms with E-state index in [0.717, 1.165) is 11.3 Å². The van der Waals surface area contributed by atoms with Crippen LogP contribution in [-0.4, -0.2) is 19.1 Å². The van der Waals surface area contributed by atoms with Crippen molar-refractivity contribution in [1.82, 2.24) is 5.32 Å². The van der Waals surface area contributed by atoms with Crippen molar-refractivity contribution in [2.45, 2.75) is 26.0 Å². The summed E-state index contributed by atoms with van der Waals surface area (Å²) < 4.78 is 10.9. The number of carbonyl (C=O) groups is 1. The molecule has 0 aromatic heterocycles. The molecule has 4 nitrogen and oxygen atoms in total. The average molecular weight is 334 g/mol. The van der Waals surface area contributed by atoms with Crippen LogP contribution in [0.5, 0.6) is 11.5 Å². The van der Waals surface area contributed by atoms with Gasteiger partial charge in [-0.05, 0) is 32.0 Å². The van der Waals surface area contributed by atoms with Crippen LogP contribution in [-0.2, 0) is 4.79 Å². The minimum absolute atomic E-state index is 0.198. The molecule has 122 valence electrons. The van der Waals surface area contributed by atoms with Crippen LogP contribution < -0.4 is 14.8 Å².